The van der Waals surface area contributed by atoms with Crippen molar-refractivity contribution >= 4 is 35.3 Å². The van der Waals surface area contributed by atoms with Gasteiger partial charge >= 0.3 is 11.9 Å². The van der Waals surface area contributed by atoms with Crippen LogP contribution in [-0.4, -0.2) is 25.0 Å². The van der Waals surface area contributed by atoms with Crippen molar-refractivity contribution in [1.29, 1.82) is 0 Å². The van der Waals surface area contributed by atoms with Crippen molar-refractivity contribution in [3.8, 4) is 0 Å². The molecule has 2 aliphatic rings. The van der Waals surface area contributed by atoms with E-state index in [0.717, 1.165) is 16.0 Å². The highest BCUT2D eigenvalue weighted by Crippen LogP contribution is 2.45. The molecule has 0 saturated carbocycles. The summed E-state index contributed by atoms with van der Waals surface area (Å²) in [7, 11) is 0. The standard InChI is InChI=1S/C22H21ClFNO4S/c1-13(14-3-2-4-15(24)11-14)30-21-16-9-10-25-12-22(17(16)5-6-18(21)23)28-19(26)7-8-20(27)29-22/h2-6,11,13,25H,7-10,12H2,1H3. The first-order valence-corrected chi connectivity index (χ1v) is 11.0. The number of thioether (sulfide) groups is 1. The van der Waals surface area contributed by atoms with Gasteiger partial charge in [0, 0.05) is 15.7 Å². The second kappa shape index (κ2) is 8.57. The molecule has 5 nitrogen and oxygen atoms in total. The molecule has 4 rings (SSSR count). The molecule has 1 spiro atoms. The molecule has 2 aliphatic heterocycles. The molecule has 1 saturated heterocycles. The molecule has 2 heterocycles. The van der Waals surface area contributed by atoms with E-state index in [9.17, 15) is 14.0 Å². The number of ether oxygens (including phenoxy) is 2. The highest BCUT2D eigenvalue weighted by molar-refractivity contribution is 7.99. The lowest BCUT2D eigenvalue weighted by Crippen LogP contribution is -2.43. The van der Waals surface area contributed by atoms with Gasteiger partial charge in [0.05, 0.1) is 24.4 Å². The zero-order chi connectivity index (χ0) is 21.3. The van der Waals surface area contributed by atoms with Crippen molar-refractivity contribution in [3.63, 3.8) is 0 Å². The van der Waals surface area contributed by atoms with Gasteiger partial charge in [-0.15, -0.1) is 11.8 Å². The zero-order valence-corrected chi connectivity index (χ0v) is 17.9. The minimum absolute atomic E-state index is 0.0122. The Balaban J connectivity index is 1.77. The lowest BCUT2D eigenvalue weighted by atomic mass is 9.98. The van der Waals surface area contributed by atoms with Crippen LogP contribution < -0.4 is 5.32 Å². The maximum absolute atomic E-state index is 13.7. The van der Waals surface area contributed by atoms with Crippen molar-refractivity contribution < 1.29 is 23.5 Å². The SMILES string of the molecule is CC(Sc1c(Cl)ccc2c1CCNCC21OC(=O)CCC(=O)O1)c1cccc(F)c1. The van der Waals surface area contributed by atoms with Gasteiger partial charge in [0.25, 0.3) is 5.79 Å². The Morgan fingerprint density at radius 2 is 1.87 bits per heavy atom. The first-order chi connectivity index (χ1) is 14.4. The van der Waals surface area contributed by atoms with Gasteiger partial charge in [0.1, 0.15) is 5.82 Å². The van der Waals surface area contributed by atoms with Crippen LogP contribution in [0.4, 0.5) is 4.39 Å². The van der Waals surface area contributed by atoms with Crippen LogP contribution in [0.3, 0.4) is 0 Å². The summed E-state index contributed by atoms with van der Waals surface area (Å²) < 4.78 is 25.0. The number of benzene rings is 2. The third-order valence-corrected chi connectivity index (χ3v) is 6.99. The summed E-state index contributed by atoms with van der Waals surface area (Å²) in [5.74, 6) is -2.77. The quantitative estimate of drug-likeness (QED) is 0.549. The van der Waals surface area contributed by atoms with Crippen LogP contribution in [0, 0.1) is 5.82 Å². The number of rotatable bonds is 3. The summed E-state index contributed by atoms with van der Waals surface area (Å²) in [5.41, 5.74) is 2.32. The Morgan fingerprint density at radius 1 is 1.13 bits per heavy atom. The number of hydrogen-bond acceptors (Lipinski definition) is 6. The maximum Gasteiger partial charge on any atom is 0.309 e. The Morgan fingerprint density at radius 3 is 2.57 bits per heavy atom. The van der Waals surface area contributed by atoms with Gasteiger partial charge in [-0.05, 0) is 55.3 Å². The number of halogens is 2. The molecule has 2 aromatic carbocycles. The van der Waals surface area contributed by atoms with Crippen molar-refractivity contribution in [3.05, 3.63) is 63.9 Å². The number of hydrogen-bond donors (Lipinski definition) is 1. The van der Waals surface area contributed by atoms with Gasteiger partial charge in [-0.25, -0.2) is 4.39 Å². The van der Waals surface area contributed by atoms with Crippen LogP contribution in [0.25, 0.3) is 0 Å². The highest BCUT2D eigenvalue weighted by Gasteiger charge is 2.46. The number of esters is 2. The van der Waals surface area contributed by atoms with E-state index in [2.05, 4.69) is 5.32 Å². The fourth-order valence-electron chi connectivity index (χ4n) is 3.77. The molecule has 8 heteroatoms. The summed E-state index contributed by atoms with van der Waals surface area (Å²) in [5, 5.41) is 3.68. The minimum atomic E-state index is -1.52. The Kier molecular flexibility index (Phi) is 6.04. The second-order valence-electron chi connectivity index (χ2n) is 7.35. The van der Waals surface area contributed by atoms with Crippen LogP contribution >= 0.6 is 23.4 Å². The number of carbonyl (C=O) groups is 2. The van der Waals surface area contributed by atoms with Gasteiger partial charge in [-0.1, -0.05) is 23.7 Å². The Bertz CT molecular complexity index is 981. The van der Waals surface area contributed by atoms with Crippen LogP contribution in [0.2, 0.25) is 5.02 Å². The average molecular weight is 450 g/mol. The van der Waals surface area contributed by atoms with E-state index in [1.54, 1.807) is 18.2 Å². The van der Waals surface area contributed by atoms with Gasteiger partial charge in [-0.2, -0.15) is 0 Å². The molecule has 0 aliphatic carbocycles. The largest absolute Gasteiger partial charge is 0.416 e. The summed E-state index contributed by atoms with van der Waals surface area (Å²) >= 11 is 8.07. The number of fused-ring (bicyclic) bond motifs is 2. The maximum atomic E-state index is 13.7. The van der Waals surface area contributed by atoms with Crippen LogP contribution in [0.1, 0.15) is 41.7 Å². The van der Waals surface area contributed by atoms with Crippen molar-refractivity contribution in [1.82, 2.24) is 5.32 Å². The molecule has 1 atom stereocenters. The molecule has 0 bridgehead atoms. The fraction of sp³-hybridized carbons (Fsp3) is 0.364. The molecular weight excluding hydrogens is 429 g/mol. The lowest BCUT2D eigenvalue weighted by Gasteiger charge is -2.32. The predicted octanol–water partition coefficient (Wildman–Crippen LogP) is 4.51. The minimum Gasteiger partial charge on any atom is -0.416 e. The number of carbonyl (C=O) groups excluding carboxylic acids is 2. The van der Waals surface area contributed by atoms with E-state index < -0.39 is 17.7 Å². The summed E-state index contributed by atoms with van der Waals surface area (Å²) in [6.07, 6.45) is 0.592. The molecule has 1 fully saturated rings. The second-order valence-corrected chi connectivity index (χ2v) is 9.10. The smallest absolute Gasteiger partial charge is 0.309 e. The molecule has 1 N–H and O–H groups in total. The molecule has 0 aromatic heterocycles. The predicted molar refractivity (Wildman–Crippen MR) is 112 cm³/mol. The third kappa shape index (κ3) is 4.19. The molecule has 158 valence electrons. The Hall–Kier alpha value is -2.09. The first kappa shape index (κ1) is 21.2. The van der Waals surface area contributed by atoms with E-state index in [-0.39, 0.29) is 30.5 Å². The van der Waals surface area contributed by atoms with E-state index >= 15 is 0 Å². The van der Waals surface area contributed by atoms with Gasteiger partial charge < -0.3 is 14.8 Å². The average Bonchev–Trinajstić information content (AvgIpc) is 2.97. The van der Waals surface area contributed by atoms with Gasteiger partial charge in [0.15, 0.2) is 0 Å². The molecule has 0 amide bonds. The third-order valence-electron chi connectivity index (χ3n) is 5.24. The zero-order valence-electron chi connectivity index (χ0n) is 16.4. The van der Waals surface area contributed by atoms with Crippen molar-refractivity contribution in [2.75, 3.05) is 13.1 Å². The lowest BCUT2D eigenvalue weighted by molar-refractivity contribution is -0.225. The summed E-state index contributed by atoms with van der Waals surface area (Å²) in [4.78, 5) is 25.3. The van der Waals surface area contributed by atoms with Crippen molar-refractivity contribution in [2.45, 2.75) is 42.1 Å². The fourth-order valence-corrected chi connectivity index (χ4v) is 5.26. The molecule has 1 unspecified atom stereocenters. The normalized spacial score (nSPS) is 19.3. The topological polar surface area (TPSA) is 64.6 Å². The molecular formula is C22H21ClFNO4S. The Labute approximate surface area is 183 Å². The van der Waals surface area contributed by atoms with Crippen LogP contribution in [0.5, 0.6) is 0 Å². The highest BCUT2D eigenvalue weighted by atomic mass is 35.5. The summed E-state index contributed by atoms with van der Waals surface area (Å²) in [6.45, 7) is 2.75. The monoisotopic (exact) mass is 449 g/mol. The first-order valence-electron chi connectivity index (χ1n) is 9.76. The molecule has 0 radical (unpaired) electrons. The van der Waals surface area contributed by atoms with Crippen LogP contribution in [-0.2, 0) is 31.3 Å². The molecule has 30 heavy (non-hydrogen) atoms. The molecule has 2 aromatic rings. The van der Waals surface area contributed by atoms with E-state index in [1.165, 1.54) is 23.9 Å². The van der Waals surface area contributed by atoms with E-state index in [0.29, 0.717) is 23.6 Å². The van der Waals surface area contributed by atoms with Gasteiger partial charge in [-0.3, -0.25) is 9.59 Å². The van der Waals surface area contributed by atoms with Crippen molar-refractivity contribution in [2.24, 2.45) is 0 Å². The van der Waals surface area contributed by atoms with Gasteiger partial charge in [0.2, 0.25) is 0 Å². The van der Waals surface area contributed by atoms with E-state index in [1.807, 2.05) is 13.0 Å². The number of nitrogens with one attached hydrogen (secondary N) is 1. The summed E-state index contributed by atoms with van der Waals surface area (Å²) in [6, 6.07) is 9.94. The van der Waals surface area contributed by atoms with Crippen LogP contribution in [0.15, 0.2) is 41.3 Å². The van der Waals surface area contributed by atoms with E-state index in [4.69, 9.17) is 21.1 Å².